The summed E-state index contributed by atoms with van der Waals surface area (Å²) in [5.74, 6) is -4.71. The number of ether oxygens (including phenoxy) is 1. The summed E-state index contributed by atoms with van der Waals surface area (Å²) in [6, 6.07) is 23.4. The lowest BCUT2D eigenvalue weighted by atomic mass is 9.85. The summed E-state index contributed by atoms with van der Waals surface area (Å²) < 4.78 is 47.4. The molecule has 23 nitrogen and oxygen atoms in total. The van der Waals surface area contributed by atoms with Crippen molar-refractivity contribution < 1.29 is 76.4 Å². The summed E-state index contributed by atoms with van der Waals surface area (Å²) in [5, 5.41) is 40.6. The third-order valence-electron chi connectivity index (χ3n) is 16.9. The number of alkyl halides is 2. The van der Waals surface area contributed by atoms with Gasteiger partial charge in [0.05, 0.1) is 35.7 Å². The number of amides is 8. The normalized spacial score (nSPS) is 15.2. The molecule has 0 radical (unpaired) electrons. The second-order valence-electron chi connectivity index (χ2n) is 25.7. The van der Waals surface area contributed by atoms with Gasteiger partial charge in [-0.2, -0.15) is 8.78 Å². The van der Waals surface area contributed by atoms with Crippen LogP contribution in [0.3, 0.4) is 0 Å². The molecule has 1 saturated heterocycles. The number of benzene rings is 5. The first-order chi connectivity index (χ1) is 46.9. The largest absolute Gasteiger partial charge is 0.504 e. The van der Waals surface area contributed by atoms with Crippen molar-refractivity contribution in [1.82, 2.24) is 47.1 Å². The van der Waals surface area contributed by atoms with E-state index >= 15 is 0 Å². The summed E-state index contributed by atoms with van der Waals surface area (Å²) in [6.07, 6.45) is 0.945. The first-order valence-electron chi connectivity index (χ1n) is 32.6. The number of carbonyl (C=O) groups is 8. The summed E-state index contributed by atoms with van der Waals surface area (Å²) in [4.78, 5) is 138. The van der Waals surface area contributed by atoms with E-state index in [1.807, 2.05) is 38.1 Å². The molecule has 0 aliphatic carbocycles. The van der Waals surface area contributed by atoms with Crippen molar-refractivity contribution >= 4 is 82.1 Å². The van der Waals surface area contributed by atoms with E-state index in [2.05, 4.69) is 58.1 Å². The number of halogens is 3. The van der Waals surface area contributed by atoms with E-state index in [0.29, 0.717) is 48.8 Å². The summed E-state index contributed by atoms with van der Waals surface area (Å²) in [6.45, 7) is 9.63. The molecule has 0 unspecified atom stereocenters. The van der Waals surface area contributed by atoms with Gasteiger partial charge in [0.15, 0.2) is 11.5 Å². The molecule has 7 rings (SSSR count). The summed E-state index contributed by atoms with van der Waals surface area (Å²) >= 11 is 4.98. The fourth-order valence-electron chi connectivity index (χ4n) is 11.2. The Bertz CT molecular complexity index is 3840. The number of unbranched alkanes of at least 4 members (excludes halogenated alkanes) is 4. The van der Waals surface area contributed by atoms with Crippen LogP contribution in [0.4, 0.5) is 8.78 Å². The highest BCUT2D eigenvalue weighted by molar-refractivity contribution is 9.10. The lowest BCUT2D eigenvalue weighted by molar-refractivity contribution is -0.144. The molecule has 0 spiro atoms. The number of phenols is 1. The quantitative estimate of drug-likeness (QED) is 0.0134. The molecule has 0 saturated carbocycles. The molecular weight excluding hydrogens is 1380 g/mol. The molecule has 5 aromatic carbocycles. The zero-order valence-electron chi connectivity index (χ0n) is 56.1. The van der Waals surface area contributed by atoms with Crippen LogP contribution in [-0.4, -0.2) is 140 Å². The number of aromatic hydroxyl groups is 1. The predicted octanol–water partition coefficient (Wildman–Crippen LogP) is 8.09. The minimum Gasteiger partial charge on any atom is -0.504 e. The van der Waals surface area contributed by atoms with Crippen molar-refractivity contribution in [3.05, 3.63) is 170 Å². The Kier molecular flexibility index (Phi) is 28.4. The van der Waals surface area contributed by atoms with E-state index in [-0.39, 0.29) is 87.7 Å². The number of phenolic OH excluding ortho intramolecular Hbond substituents is 1. The maximum atomic E-state index is 14.8. The van der Waals surface area contributed by atoms with Crippen LogP contribution in [0.2, 0.25) is 0 Å². The van der Waals surface area contributed by atoms with Crippen molar-refractivity contribution in [3.63, 3.8) is 0 Å². The number of carbonyl (C=O) groups excluding carboxylic acids is 8. The van der Waals surface area contributed by atoms with Gasteiger partial charge in [-0.05, 0) is 109 Å². The minimum absolute atomic E-state index is 0.0223. The Morgan fingerprint density at radius 3 is 1.96 bits per heavy atom. The van der Waals surface area contributed by atoms with Crippen LogP contribution in [0.5, 0.6) is 11.5 Å². The number of methoxy groups -OCH3 is 1. The van der Waals surface area contributed by atoms with Crippen LogP contribution >= 0.6 is 34.9 Å². The van der Waals surface area contributed by atoms with Gasteiger partial charge in [-0.15, -0.1) is 11.3 Å². The molecule has 532 valence electrons. The highest BCUT2D eigenvalue weighted by atomic mass is 79.9. The van der Waals surface area contributed by atoms with Crippen molar-refractivity contribution in [2.24, 2.45) is 5.41 Å². The van der Waals surface area contributed by atoms with Crippen LogP contribution in [-0.2, 0) is 69.6 Å². The van der Waals surface area contributed by atoms with Gasteiger partial charge in [0.2, 0.25) is 41.4 Å². The van der Waals surface area contributed by atoms with Gasteiger partial charge in [-0.3, -0.25) is 42.9 Å². The van der Waals surface area contributed by atoms with Gasteiger partial charge in [0.1, 0.15) is 30.2 Å². The number of nitrogens with zero attached hydrogens (tertiary/aromatic N) is 2. The maximum Gasteiger partial charge on any atom is 0.399 e. The molecule has 6 atom stereocenters. The summed E-state index contributed by atoms with van der Waals surface area (Å²) in [7, 11) is -4.63. The zero-order valence-corrected chi connectivity index (χ0v) is 59.4. The number of hydrogen-bond acceptors (Lipinski definition) is 14. The smallest absolute Gasteiger partial charge is 0.399 e. The Hall–Kier alpha value is -8.46. The summed E-state index contributed by atoms with van der Waals surface area (Å²) in [5.41, 5.74) is 0.726. The Morgan fingerprint density at radius 2 is 1.32 bits per heavy atom. The van der Waals surface area contributed by atoms with Crippen LogP contribution in [0, 0.1) is 19.3 Å². The maximum absolute atomic E-state index is 14.8. The Labute approximate surface area is 586 Å². The van der Waals surface area contributed by atoms with E-state index in [1.165, 1.54) is 41.5 Å². The van der Waals surface area contributed by atoms with Gasteiger partial charge in [-0.25, -0.2) is 4.98 Å². The molecule has 6 aromatic rings. The van der Waals surface area contributed by atoms with Crippen molar-refractivity contribution in [3.8, 4) is 21.9 Å². The van der Waals surface area contributed by atoms with Crippen LogP contribution < -0.4 is 42.0 Å². The lowest BCUT2D eigenvalue weighted by Crippen LogP contribution is -2.57. The highest BCUT2D eigenvalue weighted by Crippen LogP contribution is 2.59. The monoisotopic (exact) mass is 1470 g/mol. The second kappa shape index (κ2) is 36.0. The van der Waals surface area contributed by atoms with Crippen LogP contribution in [0.15, 0.2) is 125 Å². The predicted molar refractivity (Wildman–Crippen MR) is 373 cm³/mol. The Morgan fingerprint density at radius 1 is 0.707 bits per heavy atom. The zero-order chi connectivity index (χ0) is 72.2. The number of likely N-dealkylation sites (tertiary alicyclic amines) is 1. The molecule has 11 N–H and O–H groups in total. The van der Waals surface area contributed by atoms with E-state index in [4.69, 9.17) is 4.74 Å². The average Bonchev–Trinajstić information content (AvgIpc) is 1.78. The van der Waals surface area contributed by atoms with Gasteiger partial charge in [0, 0.05) is 67.5 Å². The number of aliphatic hydroxyl groups is 1. The van der Waals surface area contributed by atoms with Gasteiger partial charge >= 0.3 is 13.3 Å². The van der Waals surface area contributed by atoms with Crippen LogP contribution in [0.1, 0.15) is 128 Å². The average molecular weight is 1470 g/mol. The molecule has 2 heterocycles. The molecule has 28 heteroatoms. The highest BCUT2D eigenvalue weighted by Gasteiger charge is 2.50. The first-order valence-corrected chi connectivity index (χ1v) is 35.9. The van der Waals surface area contributed by atoms with E-state index in [1.54, 1.807) is 74.8 Å². The van der Waals surface area contributed by atoms with Gasteiger partial charge in [0.25, 0.3) is 5.91 Å². The third-order valence-corrected chi connectivity index (χ3v) is 19.7. The molecule has 1 fully saturated rings. The Balaban J connectivity index is 0.996. The fourth-order valence-corrected chi connectivity index (χ4v) is 12.9. The molecule has 1 aliphatic rings. The van der Waals surface area contributed by atoms with E-state index < -0.39 is 108 Å². The van der Waals surface area contributed by atoms with Crippen molar-refractivity contribution in [2.75, 3.05) is 26.7 Å². The number of aryl methyl sites for hydroxylation is 2. The molecule has 0 bridgehead atoms. The molecule has 1 aliphatic heterocycles. The number of β-amino-alcohol motifs (C(OH)–C–C–N with tert-alkyl or cyclic N) is 1. The second-order valence-corrected chi connectivity index (χ2v) is 29.1. The van der Waals surface area contributed by atoms with Crippen LogP contribution in [0.25, 0.3) is 10.4 Å². The van der Waals surface area contributed by atoms with Crippen molar-refractivity contribution in [1.29, 1.82) is 0 Å². The number of aromatic nitrogens is 1. The standard InChI is InChI=1S/C71H87BrF2N9O14PS/c1-43-20-26-50(38-53(43)72)64(88)75-33-15-13-18-54(65(89)76-32-14-8-7-12-19-60(86)82-63(70(3,4)5)69(93)83-41-52(84)39-57(83)68(92)77-40-47-21-27-49(28-22-47)62-44(2)78-42-99-62)80-67(91)56(35-46-23-29-51(30-24-46)71(73,74)98(94,95)96)81-66(90)55(34-45-16-10-9-11-17-45)79-61(87)37-48-25-31-58(85)59(36-48)97-6/h9-11,16-17,20-31,36,38,42,52,54-57,63,84-85H,7-8,12-15,18-19,32-35,37,39-41H2,1-6H3,(H,75,88)(H,76,89)(H,77,92)(H,79,87)(H,80,91)(H,81,90)(H,82,86)(H2,94,95,96)/t52-,54-,55-,56-,57+,63-/m0/s1. The molecular formula is C71H87BrF2N9O14PS. The minimum atomic E-state index is -5.97. The first kappa shape index (κ1) is 77.9. The number of nitrogens with one attached hydrogen (secondary N) is 7. The van der Waals surface area contributed by atoms with E-state index in [9.17, 15) is 71.7 Å². The van der Waals surface area contributed by atoms with Gasteiger partial charge < -0.3 is 66.9 Å². The number of hydrogen-bond donors (Lipinski definition) is 11. The number of rotatable bonds is 34. The number of thiazole rings is 1. The van der Waals surface area contributed by atoms with E-state index in [0.717, 1.165) is 56.0 Å². The SMILES string of the molecule is COc1cc(CC(=O)N[C@@H](Cc2ccccc2)C(=O)N[C@@H](Cc2ccc(C(F)(F)P(=O)(O)O)cc2)C(=O)N[C@@H](CCCCNC(=O)c2ccc(C)c(Br)c2)C(=O)NCCCCCCC(=O)N[C@@H](C(=O)N2C[C@@H](O)C[C@@H]2C(=O)NCc2ccc(-c3scnc3C)cc2)C(C)(C)C)ccc1O. The molecule has 1 aromatic heterocycles. The number of aliphatic hydroxyl groups excluding tert-OH is 1. The van der Waals surface area contributed by atoms with Gasteiger partial charge in [-0.1, -0.05) is 141 Å². The van der Waals surface area contributed by atoms with Crippen molar-refractivity contribution in [2.45, 2.75) is 160 Å². The lowest BCUT2D eigenvalue weighted by Gasteiger charge is -2.35. The molecule has 8 amide bonds. The molecule has 99 heavy (non-hydrogen) atoms. The fraction of sp³-hybridized carbons (Fsp3) is 0.423. The third kappa shape index (κ3) is 22.8. The topological polar surface area (TPSA) is 344 Å².